The number of nitrogens with zero attached hydrogens (tertiary/aromatic N) is 3. The summed E-state index contributed by atoms with van der Waals surface area (Å²) in [7, 11) is 3.55. The van der Waals surface area contributed by atoms with E-state index in [-0.39, 0.29) is 11.4 Å². The fraction of sp³-hybridized carbons (Fsp3) is 0.692. The standard InChI is InChI=1S/C13H24N4O/c1-13(2,3)17-10-11(9-15-17)8-14-7-6-12(18)16(4)5/h9-10,14H,6-8H2,1-5H3. The van der Waals surface area contributed by atoms with Crippen LogP contribution >= 0.6 is 0 Å². The first-order valence-electron chi connectivity index (χ1n) is 6.25. The second-order valence-corrected chi connectivity index (χ2v) is 5.68. The second kappa shape index (κ2) is 6.00. The lowest BCUT2D eigenvalue weighted by Gasteiger charge is -2.18. The van der Waals surface area contributed by atoms with Crippen LogP contribution < -0.4 is 5.32 Å². The molecular formula is C13H24N4O. The number of carbonyl (C=O) groups is 1. The lowest BCUT2D eigenvalue weighted by molar-refractivity contribution is -0.128. The van der Waals surface area contributed by atoms with E-state index in [2.05, 4.69) is 31.2 Å². The molecule has 5 heteroatoms. The molecule has 1 aromatic heterocycles. The first-order valence-corrected chi connectivity index (χ1v) is 6.25. The summed E-state index contributed by atoms with van der Waals surface area (Å²) in [5, 5.41) is 7.58. The Labute approximate surface area is 109 Å². The molecule has 0 aliphatic carbocycles. The van der Waals surface area contributed by atoms with Crippen molar-refractivity contribution in [3.63, 3.8) is 0 Å². The van der Waals surface area contributed by atoms with Gasteiger partial charge in [-0.3, -0.25) is 9.48 Å². The van der Waals surface area contributed by atoms with Gasteiger partial charge in [0.05, 0.1) is 11.7 Å². The van der Waals surface area contributed by atoms with Crippen LogP contribution in [0, 0.1) is 0 Å². The molecule has 0 fully saturated rings. The topological polar surface area (TPSA) is 50.2 Å². The Hall–Kier alpha value is -1.36. The van der Waals surface area contributed by atoms with Crippen LogP contribution in [0.15, 0.2) is 12.4 Å². The molecule has 5 nitrogen and oxygen atoms in total. The van der Waals surface area contributed by atoms with Crippen LogP contribution in [-0.2, 0) is 16.9 Å². The van der Waals surface area contributed by atoms with E-state index in [1.807, 2.05) is 17.1 Å². The van der Waals surface area contributed by atoms with Gasteiger partial charge in [0.25, 0.3) is 0 Å². The van der Waals surface area contributed by atoms with E-state index in [4.69, 9.17) is 0 Å². The van der Waals surface area contributed by atoms with Crippen LogP contribution in [0.25, 0.3) is 0 Å². The summed E-state index contributed by atoms with van der Waals surface area (Å²) in [6.45, 7) is 7.79. The van der Waals surface area contributed by atoms with Gasteiger partial charge in [0.1, 0.15) is 0 Å². The minimum absolute atomic E-state index is 0.0130. The van der Waals surface area contributed by atoms with Gasteiger partial charge in [-0.1, -0.05) is 0 Å². The summed E-state index contributed by atoms with van der Waals surface area (Å²) in [6.07, 6.45) is 4.44. The predicted molar refractivity (Wildman–Crippen MR) is 72.2 cm³/mol. The van der Waals surface area contributed by atoms with Gasteiger partial charge in [0.15, 0.2) is 0 Å². The van der Waals surface area contributed by atoms with Crippen molar-refractivity contribution in [3.05, 3.63) is 18.0 Å². The smallest absolute Gasteiger partial charge is 0.223 e. The molecule has 18 heavy (non-hydrogen) atoms. The maximum atomic E-state index is 11.4. The normalized spacial score (nSPS) is 11.6. The molecule has 1 heterocycles. The van der Waals surface area contributed by atoms with Gasteiger partial charge in [-0.25, -0.2) is 0 Å². The highest BCUT2D eigenvalue weighted by Crippen LogP contribution is 2.12. The van der Waals surface area contributed by atoms with Crippen LogP contribution in [0.3, 0.4) is 0 Å². The zero-order valence-corrected chi connectivity index (χ0v) is 12.0. The third kappa shape index (κ3) is 4.49. The average molecular weight is 252 g/mol. The lowest BCUT2D eigenvalue weighted by Crippen LogP contribution is -2.26. The summed E-state index contributed by atoms with van der Waals surface area (Å²) in [5.74, 6) is 0.146. The van der Waals surface area contributed by atoms with E-state index in [0.29, 0.717) is 13.0 Å². The molecule has 1 amide bonds. The molecule has 0 aromatic carbocycles. The van der Waals surface area contributed by atoms with Crippen molar-refractivity contribution in [2.75, 3.05) is 20.6 Å². The Bertz CT molecular complexity index is 390. The van der Waals surface area contributed by atoms with Crippen LogP contribution in [0.4, 0.5) is 0 Å². The van der Waals surface area contributed by atoms with Crippen molar-refractivity contribution in [1.29, 1.82) is 0 Å². The summed E-state index contributed by atoms with van der Waals surface area (Å²) >= 11 is 0. The number of amides is 1. The van der Waals surface area contributed by atoms with Gasteiger partial charge in [-0.05, 0) is 20.8 Å². The van der Waals surface area contributed by atoms with Gasteiger partial charge in [0.2, 0.25) is 5.91 Å². The van der Waals surface area contributed by atoms with Gasteiger partial charge in [-0.2, -0.15) is 5.10 Å². The zero-order chi connectivity index (χ0) is 13.8. The first kappa shape index (κ1) is 14.7. The highest BCUT2D eigenvalue weighted by Gasteiger charge is 2.13. The van der Waals surface area contributed by atoms with Crippen molar-refractivity contribution in [3.8, 4) is 0 Å². The zero-order valence-electron chi connectivity index (χ0n) is 12.0. The number of carbonyl (C=O) groups excluding carboxylic acids is 1. The van der Waals surface area contributed by atoms with Crippen LogP contribution in [0.1, 0.15) is 32.8 Å². The Balaban J connectivity index is 2.32. The molecule has 1 rings (SSSR count). The lowest BCUT2D eigenvalue weighted by atomic mass is 10.1. The maximum absolute atomic E-state index is 11.4. The maximum Gasteiger partial charge on any atom is 0.223 e. The molecule has 1 N–H and O–H groups in total. The van der Waals surface area contributed by atoms with E-state index in [9.17, 15) is 4.79 Å². The molecule has 0 aliphatic heterocycles. The van der Waals surface area contributed by atoms with E-state index in [1.54, 1.807) is 19.0 Å². The number of rotatable bonds is 5. The quantitative estimate of drug-likeness (QED) is 0.801. The number of nitrogens with one attached hydrogen (secondary N) is 1. The Morgan fingerprint density at radius 2 is 2.11 bits per heavy atom. The van der Waals surface area contributed by atoms with Gasteiger partial charge >= 0.3 is 0 Å². The van der Waals surface area contributed by atoms with E-state index >= 15 is 0 Å². The average Bonchev–Trinajstić information content (AvgIpc) is 2.72. The SMILES string of the molecule is CN(C)C(=O)CCNCc1cnn(C(C)(C)C)c1. The molecule has 102 valence electrons. The van der Waals surface area contributed by atoms with E-state index < -0.39 is 0 Å². The Kier molecular flexibility index (Phi) is 4.90. The van der Waals surface area contributed by atoms with Crippen LogP contribution in [-0.4, -0.2) is 41.2 Å². The fourth-order valence-electron chi connectivity index (χ4n) is 1.47. The fourth-order valence-corrected chi connectivity index (χ4v) is 1.47. The minimum atomic E-state index is 0.0130. The molecule has 0 unspecified atom stereocenters. The van der Waals surface area contributed by atoms with Crippen molar-refractivity contribution in [2.24, 2.45) is 0 Å². The largest absolute Gasteiger partial charge is 0.349 e. The number of aromatic nitrogens is 2. The molecule has 0 saturated heterocycles. The van der Waals surface area contributed by atoms with Crippen molar-refractivity contribution in [2.45, 2.75) is 39.3 Å². The molecule has 0 saturated carbocycles. The van der Waals surface area contributed by atoms with E-state index in [0.717, 1.165) is 12.1 Å². The second-order valence-electron chi connectivity index (χ2n) is 5.68. The summed E-state index contributed by atoms with van der Waals surface area (Å²) in [5.41, 5.74) is 1.15. The minimum Gasteiger partial charge on any atom is -0.349 e. The number of hydrogen-bond donors (Lipinski definition) is 1. The van der Waals surface area contributed by atoms with Crippen molar-refractivity contribution < 1.29 is 4.79 Å². The third-order valence-corrected chi connectivity index (χ3v) is 2.67. The predicted octanol–water partition coefficient (Wildman–Crippen LogP) is 1.21. The Morgan fingerprint density at radius 1 is 1.44 bits per heavy atom. The molecule has 0 bridgehead atoms. The van der Waals surface area contributed by atoms with Gasteiger partial charge in [-0.15, -0.1) is 0 Å². The van der Waals surface area contributed by atoms with E-state index in [1.165, 1.54) is 0 Å². The molecule has 0 aliphatic rings. The van der Waals surface area contributed by atoms with Crippen molar-refractivity contribution >= 4 is 5.91 Å². The van der Waals surface area contributed by atoms with Crippen LogP contribution in [0.2, 0.25) is 0 Å². The monoisotopic (exact) mass is 252 g/mol. The third-order valence-electron chi connectivity index (χ3n) is 2.67. The van der Waals surface area contributed by atoms with Crippen LogP contribution in [0.5, 0.6) is 0 Å². The van der Waals surface area contributed by atoms with Crippen molar-refractivity contribution in [1.82, 2.24) is 20.0 Å². The number of hydrogen-bond acceptors (Lipinski definition) is 3. The highest BCUT2D eigenvalue weighted by atomic mass is 16.2. The Morgan fingerprint density at radius 3 is 2.61 bits per heavy atom. The first-order chi connectivity index (χ1) is 8.30. The molecule has 0 spiro atoms. The van der Waals surface area contributed by atoms with Gasteiger partial charge < -0.3 is 10.2 Å². The summed E-state index contributed by atoms with van der Waals surface area (Å²) < 4.78 is 1.95. The molecule has 1 aromatic rings. The molecule has 0 atom stereocenters. The van der Waals surface area contributed by atoms with Gasteiger partial charge in [0, 0.05) is 45.4 Å². The molecular weight excluding hydrogens is 228 g/mol. The summed E-state index contributed by atoms with van der Waals surface area (Å²) in [6, 6.07) is 0. The highest BCUT2D eigenvalue weighted by molar-refractivity contribution is 5.75. The molecule has 0 radical (unpaired) electrons. The summed E-state index contributed by atoms with van der Waals surface area (Å²) in [4.78, 5) is 13.0.